The minimum atomic E-state index is 0.650. The Morgan fingerprint density at radius 2 is 1.77 bits per heavy atom. The summed E-state index contributed by atoms with van der Waals surface area (Å²) in [5, 5.41) is 8.68. The molecule has 0 bridgehead atoms. The predicted molar refractivity (Wildman–Crippen MR) is 102 cm³/mol. The summed E-state index contributed by atoms with van der Waals surface area (Å²) in [6.45, 7) is 4.68. The van der Waals surface area contributed by atoms with Crippen LogP contribution in [-0.2, 0) is 0 Å². The molecule has 0 aliphatic heterocycles. The Morgan fingerprint density at radius 1 is 1.00 bits per heavy atom. The molecule has 130 valence electrons. The van der Waals surface area contributed by atoms with E-state index in [9.17, 15) is 0 Å². The molecular weight excluding hydrogens is 326 g/mol. The van der Waals surface area contributed by atoms with Crippen LogP contribution >= 0.6 is 0 Å². The Kier molecular flexibility index (Phi) is 4.23. The highest BCUT2D eigenvalue weighted by atomic mass is 16.5. The second-order valence-electron chi connectivity index (χ2n) is 5.93. The van der Waals surface area contributed by atoms with Crippen LogP contribution in [0.4, 0.5) is 11.5 Å². The predicted octanol–water partition coefficient (Wildman–Crippen LogP) is 4.27. The van der Waals surface area contributed by atoms with Gasteiger partial charge in [0.2, 0.25) is 0 Å². The third-order valence-electron chi connectivity index (χ3n) is 4.07. The van der Waals surface area contributed by atoms with Crippen molar-refractivity contribution in [3.05, 3.63) is 66.6 Å². The zero-order chi connectivity index (χ0) is 17.9. The van der Waals surface area contributed by atoms with Gasteiger partial charge in [-0.3, -0.25) is 0 Å². The summed E-state index contributed by atoms with van der Waals surface area (Å²) < 4.78 is 7.29. The minimum Gasteiger partial charge on any atom is -0.494 e. The highest BCUT2D eigenvalue weighted by Crippen LogP contribution is 2.25. The first-order valence-corrected chi connectivity index (χ1v) is 8.50. The molecule has 0 atom stereocenters. The topological polar surface area (TPSA) is 64.9 Å². The van der Waals surface area contributed by atoms with Crippen LogP contribution in [0, 0.1) is 6.92 Å². The van der Waals surface area contributed by atoms with E-state index >= 15 is 0 Å². The molecule has 2 aromatic heterocycles. The van der Waals surface area contributed by atoms with Crippen LogP contribution in [0.1, 0.15) is 12.5 Å². The van der Waals surface area contributed by atoms with Crippen molar-refractivity contribution in [2.75, 3.05) is 11.9 Å². The van der Waals surface area contributed by atoms with Crippen molar-refractivity contribution in [3.63, 3.8) is 0 Å². The van der Waals surface area contributed by atoms with Gasteiger partial charge in [0.25, 0.3) is 0 Å². The molecule has 2 aromatic carbocycles. The van der Waals surface area contributed by atoms with Gasteiger partial charge in [0.15, 0.2) is 5.65 Å². The first kappa shape index (κ1) is 16.1. The lowest BCUT2D eigenvalue weighted by molar-refractivity contribution is 0.340. The van der Waals surface area contributed by atoms with Gasteiger partial charge in [0, 0.05) is 5.69 Å². The molecule has 4 rings (SSSR count). The van der Waals surface area contributed by atoms with Crippen LogP contribution < -0.4 is 10.1 Å². The zero-order valence-electron chi connectivity index (χ0n) is 14.7. The van der Waals surface area contributed by atoms with E-state index in [0.717, 1.165) is 34.0 Å². The maximum Gasteiger partial charge on any atom is 0.168 e. The van der Waals surface area contributed by atoms with Gasteiger partial charge in [0.05, 0.1) is 23.9 Å². The Morgan fingerprint density at radius 3 is 2.50 bits per heavy atom. The molecule has 1 N–H and O–H groups in total. The SMILES string of the molecule is CCOc1ccc(Nc2ncnc3c2cnn3-c2ccc(C)cc2)cc1. The lowest BCUT2D eigenvalue weighted by atomic mass is 10.2. The number of nitrogens with one attached hydrogen (secondary N) is 1. The van der Waals surface area contributed by atoms with Gasteiger partial charge in [-0.25, -0.2) is 14.6 Å². The van der Waals surface area contributed by atoms with Crippen molar-refractivity contribution in [3.8, 4) is 11.4 Å². The van der Waals surface area contributed by atoms with Crippen LogP contribution in [0.15, 0.2) is 61.1 Å². The summed E-state index contributed by atoms with van der Waals surface area (Å²) in [6, 6.07) is 16.0. The molecule has 6 heteroatoms. The maximum absolute atomic E-state index is 5.48. The van der Waals surface area contributed by atoms with Crippen LogP contribution in [0.3, 0.4) is 0 Å². The number of benzene rings is 2. The number of nitrogens with zero attached hydrogens (tertiary/aromatic N) is 4. The Labute approximate surface area is 151 Å². The minimum absolute atomic E-state index is 0.650. The van der Waals surface area contributed by atoms with Gasteiger partial charge in [-0.2, -0.15) is 5.10 Å². The summed E-state index contributed by atoms with van der Waals surface area (Å²) in [5.74, 6) is 1.57. The maximum atomic E-state index is 5.48. The molecule has 0 aliphatic carbocycles. The number of aromatic nitrogens is 4. The molecule has 0 radical (unpaired) electrons. The van der Waals surface area contributed by atoms with E-state index < -0.39 is 0 Å². The van der Waals surface area contributed by atoms with Gasteiger partial charge in [-0.15, -0.1) is 0 Å². The zero-order valence-corrected chi connectivity index (χ0v) is 14.7. The summed E-state index contributed by atoms with van der Waals surface area (Å²) in [4.78, 5) is 8.79. The van der Waals surface area contributed by atoms with Gasteiger partial charge >= 0.3 is 0 Å². The van der Waals surface area contributed by atoms with E-state index in [-0.39, 0.29) is 0 Å². The fourth-order valence-electron chi connectivity index (χ4n) is 2.76. The monoisotopic (exact) mass is 345 g/mol. The number of ether oxygens (including phenoxy) is 1. The first-order chi connectivity index (χ1) is 12.7. The third kappa shape index (κ3) is 3.09. The average molecular weight is 345 g/mol. The van der Waals surface area contributed by atoms with Crippen LogP contribution in [0.2, 0.25) is 0 Å². The Balaban J connectivity index is 1.67. The summed E-state index contributed by atoms with van der Waals surface area (Å²) >= 11 is 0. The van der Waals surface area contributed by atoms with Crippen molar-refractivity contribution in [2.45, 2.75) is 13.8 Å². The van der Waals surface area contributed by atoms with Gasteiger partial charge in [-0.05, 0) is 50.2 Å². The van der Waals surface area contributed by atoms with Gasteiger partial charge in [-0.1, -0.05) is 17.7 Å². The number of rotatable bonds is 5. The summed E-state index contributed by atoms with van der Waals surface area (Å²) in [5.41, 5.74) is 3.86. The van der Waals surface area contributed by atoms with E-state index in [1.807, 2.05) is 48.0 Å². The molecule has 0 saturated heterocycles. The number of hydrogen-bond donors (Lipinski definition) is 1. The largest absolute Gasteiger partial charge is 0.494 e. The highest BCUT2D eigenvalue weighted by Gasteiger charge is 2.11. The smallest absolute Gasteiger partial charge is 0.168 e. The van der Waals surface area contributed by atoms with E-state index in [1.54, 1.807) is 12.5 Å². The van der Waals surface area contributed by atoms with E-state index in [0.29, 0.717) is 6.61 Å². The average Bonchev–Trinajstić information content (AvgIpc) is 3.09. The van der Waals surface area contributed by atoms with Crippen molar-refractivity contribution in [2.24, 2.45) is 0 Å². The molecule has 0 aliphatic rings. The molecule has 0 saturated carbocycles. The van der Waals surface area contributed by atoms with Gasteiger partial charge < -0.3 is 10.1 Å². The number of hydrogen-bond acceptors (Lipinski definition) is 5. The van der Waals surface area contributed by atoms with E-state index in [1.165, 1.54) is 5.56 Å². The van der Waals surface area contributed by atoms with Crippen molar-refractivity contribution >= 4 is 22.5 Å². The Hall–Kier alpha value is -3.41. The molecule has 0 spiro atoms. The number of anilines is 2. The standard InChI is InChI=1S/C20H19N5O/c1-3-26-17-10-6-15(7-11-17)24-19-18-12-23-25(20(18)22-13-21-19)16-8-4-14(2)5-9-16/h4-13H,3H2,1-2H3,(H,21,22,24). The van der Waals surface area contributed by atoms with Crippen LogP contribution in [-0.4, -0.2) is 26.4 Å². The molecular formula is C20H19N5O. The summed E-state index contributed by atoms with van der Waals surface area (Å²) in [7, 11) is 0. The molecule has 0 fully saturated rings. The fourth-order valence-corrected chi connectivity index (χ4v) is 2.76. The van der Waals surface area contributed by atoms with Crippen molar-refractivity contribution in [1.82, 2.24) is 19.7 Å². The number of aryl methyl sites for hydroxylation is 1. The molecule has 2 heterocycles. The Bertz CT molecular complexity index is 1020. The molecule has 6 nitrogen and oxygen atoms in total. The quantitative estimate of drug-likeness (QED) is 0.585. The number of fused-ring (bicyclic) bond motifs is 1. The first-order valence-electron chi connectivity index (χ1n) is 8.50. The van der Waals surface area contributed by atoms with Crippen molar-refractivity contribution in [1.29, 1.82) is 0 Å². The lowest BCUT2D eigenvalue weighted by Crippen LogP contribution is -1.99. The van der Waals surface area contributed by atoms with E-state index in [4.69, 9.17) is 4.74 Å². The van der Waals surface area contributed by atoms with Crippen LogP contribution in [0.25, 0.3) is 16.7 Å². The molecule has 26 heavy (non-hydrogen) atoms. The van der Waals surface area contributed by atoms with Gasteiger partial charge in [0.1, 0.15) is 17.9 Å². The van der Waals surface area contributed by atoms with Crippen molar-refractivity contribution < 1.29 is 4.74 Å². The fraction of sp³-hybridized carbons (Fsp3) is 0.150. The lowest BCUT2D eigenvalue weighted by Gasteiger charge is -2.08. The highest BCUT2D eigenvalue weighted by molar-refractivity contribution is 5.89. The second-order valence-corrected chi connectivity index (χ2v) is 5.93. The normalized spacial score (nSPS) is 10.8. The third-order valence-corrected chi connectivity index (χ3v) is 4.07. The molecule has 0 unspecified atom stereocenters. The van der Waals surface area contributed by atoms with E-state index in [2.05, 4.69) is 39.4 Å². The molecule has 0 amide bonds. The van der Waals surface area contributed by atoms with Crippen LogP contribution in [0.5, 0.6) is 5.75 Å². The summed E-state index contributed by atoms with van der Waals surface area (Å²) in [6.07, 6.45) is 3.33. The molecule has 4 aromatic rings. The second kappa shape index (κ2) is 6.84.